The van der Waals surface area contributed by atoms with E-state index in [4.69, 9.17) is 5.73 Å². The molecule has 0 radical (unpaired) electrons. The Hall–Kier alpha value is -0.970. The Labute approximate surface area is 120 Å². The van der Waals surface area contributed by atoms with E-state index in [-0.39, 0.29) is 17.9 Å². The zero-order valence-electron chi connectivity index (χ0n) is 12.3. The van der Waals surface area contributed by atoms with E-state index in [9.17, 15) is 9.50 Å². The van der Waals surface area contributed by atoms with E-state index in [1.54, 1.807) is 12.1 Å². The number of nitrogens with two attached hydrogens (primary N) is 1. The van der Waals surface area contributed by atoms with Gasteiger partial charge < -0.3 is 10.8 Å². The third kappa shape index (κ3) is 3.57. The molecule has 1 aliphatic rings. The van der Waals surface area contributed by atoms with Crippen LogP contribution in [0.3, 0.4) is 0 Å². The highest BCUT2D eigenvalue weighted by Crippen LogP contribution is 2.32. The number of hydrogen-bond donors (Lipinski definition) is 2. The molecule has 20 heavy (non-hydrogen) atoms. The van der Waals surface area contributed by atoms with Crippen molar-refractivity contribution >= 4 is 0 Å². The first-order valence-corrected chi connectivity index (χ1v) is 7.35. The summed E-state index contributed by atoms with van der Waals surface area (Å²) in [5.41, 5.74) is 6.50. The van der Waals surface area contributed by atoms with Crippen molar-refractivity contribution in [2.45, 2.75) is 50.3 Å². The van der Waals surface area contributed by atoms with Gasteiger partial charge in [0.15, 0.2) is 0 Å². The van der Waals surface area contributed by atoms with Crippen molar-refractivity contribution in [3.63, 3.8) is 0 Å². The Kier molecular flexibility index (Phi) is 4.78. The fraction of sp³-hybridized carbons (Fsp3) is 0.625. The van der Waals surface area contributed by atoms with Crippen molar-refractivity contribution in [3.05, 3.63) is 35.6 Å². The molecule has 0 saturated heterocycles. The van der Waals surface area contributed by atoms with Gasteiger partial charge in [-0.25, -0.2) is 4.39 Å². The van der Waals surface area contributed by atoms with Crippen molar-refractivity contribution in [2.75, 3.05) is 13.6 Å². The van der Waals surface area contributed by atoms with Gasteiger partial charge in [-0.2, -0.15) is 0 Å². The van der Waals surface area contributed by atoms with Crippen LogP contribution in [0.25, 0.3) is 0 Å². The second kappa shape index (κ2) is 6.20. The van der Waals surface area contributed by atoms with Crippen LogP contribution in [0.5, 0.6) is 0 Å². The first-order chi connectivity index (χ1) is 9.41. The molecule has 1 saturated carbocycles. The lowest BCUT2D eigenvalue weighted by atomic mass is 9.96. The van der Waals surface area contributed by atoms with Crippen molar-refractivity contribution in [1.82, 2.24) is 4.90 Å². The highest BCUT2D eigenvalue weighted by atomic mass is 19.1. The summed E-state index contributed by atoms with van der Waals surface area (Å²) in [5, 5.41) is 10.5. The van der Waals surface area contributed by atoms with Gasteiger partial charge in [-0.15, -0.1) is 0 Å². The van der Waals surface area contributed by atoms with Gasteiger partial charge in [-0.1, -0.05) is 25.0 Å². The van der Waals surface area contributed by atoms with Crippen LogP contribution in [0, 0.1) is 5.82 Å². The molecule has 0 spiro atoms. The number of nitrogens with zero attached hydrogens (tertiary/aromatic N) is 1. The van der Waals surface area contributed by atoms with Crippen LogP contribution >= 0.6 is 0 Å². The van der Waals surface area contributed by atoms with Gasteiger partial charge in [0, 0.05) is 18.6 Å². The molecule has 1 aromatic carbocycles. The Bertz CT molecular complexity index is 427. The van der Waals surface area contributed by atoms with Crippen molar-refractivity contribution in [2.24, 2.45) is 5.73 Å². The fourth-order valence-corrected chi connectivity index (χ4v) is 3.37. The Morgan fingerprint density at radius 3 is 2.35 bits per heavy atom. The van der Waals surface area contributed by atoms with Crippen LogP contribution in [-0.2, 0) is 0 Å². The lowest BCUT2D eigenvalue weighted by Crippen LogP contribution is -2.45. The molecule has 1 aromatic rings. The minimum atomic E-state index is -0.595. The molecular formula is C16H25FN2O. The van der Waals surface area contributed by atoms with Crippen LogP contribution in [0.2, 0.25) is 0 Å². The molecule has 1 fully saturated rings. The molecule has 3 nitrogen and oxygen atoms in total. The number of hydrogen-bond acceptors (Lipinski definition) is 3. The monoisotopic (exact) mass is 280 g/mol. The smallest absolute Gasteiger partial charge is 0.123 e. The summed E-state index contributed by atoms with van der Waals surface area (Å²) in [6.45, 7) is 2.56. The van der Waals surface area contributed by atoms with Crippen LogP contribution in [0.15, 0.2) is 24.3 Å². The van der Waals surface area contributed by atoms with E-state index in [0.29, 0.717) is 6.54 Å². The van der Waals surface area contributed by atoms with E-state index in [1.807, 2.05) is 14.0 Å². The van der Waals surface area contributed by atoms with Gasteiger partial charge in [-0.3, -0.25) is 4.90 Å². The summed E-state index contributed by atoms with van der Waals surface area (Å²) in [4.78, 5) is 2.10. The zero-order valence-corrected chi connectivity index (χ0v) is 12.3. The normalized spacial score (nSPS) is 21.1. The molecule has 0 amide bonds. The first-order valence-electron chi connectivity index (χ1n) is 7.35. The summed E-state index contributed by atoms with van der Waals surface area (Å²) < 4.78 is 13.1. The fourth-order valence-electron chi connectivity index (χ4n) is 3.37. The molecule has 2 unspecified atom stereocenters. The molecule has 112 valence electrons. The number of likely N-dealkylation sites (N-methyl/N-ethyl adjacent to an activating group) is 1. The highest BCUT2D eigenvalue weighted by Gasteiger charge is 2.34. The van der Waals surface area contributed by atoms with Crippen LogP contribution in [-0.4, -0.2) is 35.2 Å². The molecule has 3 N–H and O–H groups in total. The SMILES string of the molecule is CC(N)C(c1ccc(F)cc1)N(C)CC1(O)CCCC1. The van der Waals surface area contributed by atoms with E-state index >= 15 is 0 Å². The lowest BCUT2D eigenvalue weighted by molar-refractivity contribution is 0.00252. The summed E-state index contributed by atoms with van der Waals surface area (Å²) >= 11 is 0. The van der Waals surface area contributed by atoms with Gasteiger partial charge in [0.1, 0.15) is 5.82 Å². The summed E-state index contributed by atoms with van der Waals surface area (Å²) in [6.07, 6.45) is 3.88. The second-order valence-corrected chi connectivity index (χ2v) is 6.20. The third-order valence-electron chi connectivity index (χ3n) is 4.26. The van der Waals surface area contributed by atoms with Crippen LogP contribution in [0.4, 0.5) is 4.39 Å². The quantitative estimate of drug-likeness (QED) is 0.871. The van der Waals surface area contributed by atoms with E-state index in [0.717, 1.165) is 31.2 Å². The molecule has 1 aliphatic carbocycles. The Morgan fingerprint density at radius 2 is 1.85 bits per heavy atom. The average Bonchev–Trinajstić information content (AvgIpc) is 2.78. The molecule has 2 rings (SSSR count). The van der Waals surface area contributed by atoms with E-state index in [1.165, 1.54) is 12.1 Å². The number of halogens is 1. The predicted molar refractivity (Wildman–Crippen MR) is 78.8 cm³/mol. The van der Waals surface area contributed by atoms with Gasteiger partial charge >= 0.3 is 0 Å². The van der Waals surface area contributed by atoms with Gasteiger partial charge in [0.05, 0.1) is 5.60 Å². The summed E-state index contributed by atoms with van der Waals surface area (Å²) in [5.74, 6) is -0.241. The second-order valence-electron chi connectivity index (χ2n) is 6.20. The summed E-state index contributed by atoms with van der Waals surface area (Å²) in [6, 6.07) is 6.37. The molecule has 4 heteroatoms. The zero-order chi connectivity index (χ0) is 14.8. The van der Waals surface area contributed by atoms with E-state index in [2.05, 4.69) is 4.90 Å². The number of benzene rings is 1. The van der Waals surface area contributed by atoms with Gasteiger partial charge in [0.2, 0.25) is 0 Å². The van der Waals surface area contributed by atoms with Gasteiger partial charge in [-0.05, 0) is 44.5 Å². The van der Waals surface area contributed by atoms with Crippen LogP contribution < -0.4 is 5.73 Å². The molecule has 0 heterocycles. The highest BCUT2D eigenvalue weighted by molar-refractivity contribution is 5.21. The number of aliphatic hydroxyl groups is 1. The minimum Gasteiger partial charge on any atom is -0.389 e. The van der Waals surface area contributed by atoms with Crippen molar-refractivity contribution in [1.29, 1.82) is 0 Å². The van der Waals surface area contributed by atoms with Crippen molar-refractivity contribution in [3.8, 4) is 0 Å². The topological polar surface area (TPSA) is 49.5 Å². The lowest BCUT2D eigenvalue weighted by Gasteiger charge is -2.36. The van der Waals surface area contributed by atoms with Gasteiger partial charge in [0.25, 0.3) is 0 Å². The Balaban J connectivity index is 2.13. The van der Waals surface area contributed by atoms with Crippen LogP contribution in [0.1, 0.15) is 44.2 Å². The van der Waals surface area contributed by atoms with E-state index < -0.39 is 5.60 Å². The van der Waals surface area contributed by atoms with Crippen molar-refractivity contribution < 1.29 is 9.50 Å². The summed E-state index contributed by atoms with van der Waals surface area (Å²) in [7, 11) is 1.98. The molecule has 0 aliphatic heterocycles. The minimum absolute atomic E-state index is 0.0137. The maximum Gasteiger partial charge on any atom is 0.123 e. The third-order valence-corrected chi connectivity index (χ3v) is 4.26. The molecule has 0 bridgehead atoms. The Morgan fingerprint density at radius 1 is 1.30 bits per heavy atom. The predicted octanol–water partition coefficient (Wildman–Crippen LogP) is 2.45. The molecular weight excluding hydrogens is 255 g/mol. The standard InChI is InChI=1S/C16H25FN2O/c1-12(18)15(13-5-7-14(17)8-6-13)19(2)11-16(20)9-3-4-10-16/h5-8,12,15,20H,3-4,9-11,18H2,1-2H3. The largest absolute Gasteiger partial charge is 0.389 e. The number of rotatable bonds is 5. The average molecular weight is 280 g/mol. The maximum absolute atomic E-state index is 13.1. The first kappa shape index (κ1) is 15.4. The molecule has 0 aromatic heterocycles. The molecule has 2 atom stereocenters. The maximum atomic E-state index is 13.1.